The van der Waals surface area contributed by atoms with E-state index < -0.39 is 6.10 Å². The predicted molar refractivity (Wildman–Crippen MR) is 45.7 cm³/mol. The molecule has 1 unspecified atom stereocenters. The molecule has 1 heterocycles. The number of hydrogen-bond donors (Lipinski definition) is 2. The Balaban J connectivity index is 2.33. The monoisotopic (exact) mass is 167 g/mol. The molecule has 1 atom stereocenters. The first-order valence-corrected chi connectivity index (χ1v) is 4.00. The van der Waals surface area contributed by atoms with E-state index in [1.54, 1.807) is 12.4 Å². The van der Waals surface area contributed by atoms with Gasteiger partial charge < -0.3 is 10.2 Å². The first-order chi connectivity index (χ1) is 5.83. The standard InChI is InChI=1S/C9H13NO2/c11-7-9(12)4-3-8-2-1-5-10-6-8/h1-2,5-6,9,11-12H,3-4,7H2. The largest absolute Gasteiger partial charge is 0.394 e. The Bertz CT molecular complexity index is 213. The minimum absolute atomic E-state index is 0.166. The third kappa shape index (κ3) is 2.98. The average molecular weight is 167 g/mol. The maximum Gasteiger partial charge on any atom is 0.0774 e. The maximum atomic E-state index is 9.05. The molecule has 0 spiro atoms. The molecule has 0 aliphatic heterocycles. The van der Waals surface area contributed by atoms with Gasteiger partial charge in [0.2, 0.25) is 0 Å². The highest BCUT2D eigenvalue weighted by molar-refractivity contribution is 5.08. The van der Waals surface area contributed by atoms with Crippen LogP contribution in [0.3, 0.4) is 0 Å². The third-order valence-corrected chi connectivity index (χ3v) is 1.70. The van der Waals surface area contributed by atoms with Crippen LogP contribution in [0.1, 0.15) is 12.0 Å². The van der Waals surface area contributed by atoms with Crippen LogP contribution in [0, 0.1) is 0 Å². The summed E-state index contributed by atoms with van der Waals surface area (Å²) < 4.78 is 0. The van der Waals surface area contributed by atoms with Gasteiger partial charge in [-0.25, -0.2) is 0 Å². The number of rotatable bonds is 4. The highest BCUT2D eigenvalue weighted by Crippen LogP contribution is 2.02. The molecule has 0 radical (unpaired) electrons. The molecule has 0 aliphatic carbocycles. The van der Waals surface area contributed by atoms with E-state index in [1.807, 2.05) is 12.1 Å². The van der Waals surface area contributed by atoms with Gasteiger partial charge in [0.1, 0.15) is 0 Å². The van der Waals surface area contributed by atoms with Crippen molar-refractivity contribution < 1.29 is 10.2 Å². The van der Waals surface area contributed by atoms with Crippen LogP contribution < -0.4 is 0 Å². The van der Waals surface area contributed by atoms with E-state index in [0.717, 1.165) is 12.0 Å². The molecule has 1 aromatic rings. The lowest BCUT2D eigenvalue weighted by Crippen LogP contribution is -2.12. The van der Waals surface area contributed by atoms with E-state index >= 15 is 0 Å². The maximum absolute atomic E-state index is 9.05. The molecule has 0 saturated heterocycles. The Morgan fingerprint density at radius 3 is 2.92 bits per heavy atom. The Morgan fingerprint density at radius 2 is 2.33 bits per heavy atom. The van der Waals surface area contributed by atoms with Gasteiger partial charge in [-0.2, -0.15) is 0 Å². The summed E-state index contributed by atoms with van der Waals surface area (Å²) in [6, 6.07) is 3.82. The van der Waals surface area contributed by atoms with Crippen LogP contribution in [-0.2, 0) is 6.42 Å². The number of aliphatic hydroxyl groups excluding tert-OH is 2. The van der Waals surface area contributed by atoms with Gasteiger partial charge in [0.05, 0.1) is 12.7 Å². The number of pyridine rings is 1. The van der Waals surface area contributed by atoms with Gasteiger partial charge in [0, 0.05) is 12.4 Å². The molecule has 1 rings (SSSR count). The zero-order valence-corrected chi connectivity index (χ0v) is 6.85. The van der Waals surface area contributed by atoms with Gasteiger partial charge in [0.25, 0.3) is 0 Å². The van der Waals surface area contributed by atoms with Crippen LogP contribution >= 0.6 is 0 Å². The van der Waals surface area contributed by atoms with Crippen LogP contribution in [0.25, 0.3) is 0 Å². The zero-order chi connectivity index (χ0) is 8.81. The van der Waals surface area contributed by atoms with Crippen molar-refractivity contribution in [3.05, 3.63) is 30.1 Å². The van der Waals surface area contributed by atoms with Crippen LogP contribution in [0.15, 0.2) is 24.5 Å². The first kappa shape index (κ1) is 9.16. The molecular weight excluding hydrogens is 154 g/mol. The normalized spacial score (nSPS) is 12.8. The van der Waals surface area contributed by atoms with Crippen molar-refractivity contribution in [1.29, 1.82) is 0 Å². The van der Waals surface area contributed by atoms with Crippen LogP contribution in [0.2, 0.25) is 0 Å². The van der Waals surface area contributed by atoms with E-state index in [-0.39, 0.29) is 6.61 Å². The van der Waals surface area contributed by atoms with E-state index in [9.17, 15) is 0 Å². The number of nitrogens with zero attached hydrogens (tertiary/aromatic N) is 1. The molecular formula is C9H13NO2. The predicted octanol–water partition coefficient (Wildman–Crippen LogP) is 0.367. The fraction of sp³-hybridized carbons (Fsp3) is 0.444. The lowest BCUT2D eigenvalue weighted by Gasteiger charge is -2.05. The molecule has 0 aromatic carbocycles. The van der Waals surface area contributed by atoms with E-state index in [4.69, 9.17) is 10.2 Å². The van der Waals surface area contributed by atoms with Crippen molar-refractivity contribution in [2.24, 2.45) is 0 Å². The van der Waals surface area contributed by atoms with Gasteiger partial charge in [-0.3, -0.25) is 4.98 Å². The van der Waals surface area contributed by atoms with Crippen molar-refractivity contribution >= 4 is 0 Å². The Labute approximate surface area is 71.7 Å². The number of aromatic nitrogens is 1. The summed E-state index contributed by atoms with van der Waals surface area (Å²) >= 11 is 0. The smallest absolute Gasteiger partial charge is 0.0774 e. The van der Waals surface area contributed by atoms with Gasteiger partial charge in [0.15, 0.2) is 0 Å². The highest BCUT2D eigenvalue weighted by atomic mass is 16.3. The van der Waals surface area contributed by atoms with E-state index in [0.29, 0.717) is 6.42 Å². The van der Waals surface area contributed by atoms with Gasteiger partial charge >= 0.3 is 0 Å². The van der Waals surface area contributed by atoms with Crippen molar-refractivity contribution in [2.45, 2.75) is 18.9 Å². The van der Waals surface area contributed by atoms with Crippen molar-refractivity contribution in [2.75, 3.05) is 6.61 Å². The molecule has 0 bridgehead atoms. The molecule has 1 aromatic heterocycles. The molecule has 12 heavy (non-hydrogen) atoms. The van der Waals surface area contributed by atoms with Gasteiger partial charge in [-0.1, -0.05) is 6.07 Å². The SMILES string of the molecule is OCC(O)CCc1cccnc1. The van der Waals surface area contributed by atoms with Crippen LogP contribution in [0.4, 0.5) is 0 Å². The highest BCUT2D eigenvalue weighted by Gasteiger charge is 2.01. The van der Waals surface area contributed by atoms with E-state index in [2.05, 4.69) is 4.98 Å². The molecule has 3 nitrogen and oxygen atoms in total. The summed E-state index contributed by atoms with van der Waals surface area (Å²) in [5, 5.41) is 17.6. The quantitative estimate of drug-likeness (QED) is 0.681. The van der Waals surface area contributed by atoms with Crippen LogP contribution in [0.5, 0.6) is 0 Å². The van der Waals surface area contributed by atoms with Crippen molar-refractivity contribution in [3.8, 4) is 0 Å². The number of hydrogen-bond acceptors (Lipinski definition) is 3. The van der Waals surface area contributed by atoms with Crippen molar-refractivity contribution in [1.82, 2.24) is 4.98 Å². The second-order valence-corrected chi connectivity index (χ2v) is 2.74. The fourth-order valence-electron chi connectivity index (χ4n) is 0.971. The fourth-order valence-corrected chi connectivity index (χ4v) is 0.971. The molecule has 0 amide bonds. The molecule has 3 heteroatoms. The lowest BCUT2D eigenvalue weighted by atomic mass is 10.1. The Kier molecular flexibility index (Phi) is 3.70. The first-order valence-electron chi connectivity index (χ1n) is 4.00. The number of aliphatic hydroxyl groups is 2. The molecule has 0 saturated carbocycles. The lowest BCUT2D eigenvalue weighted by molar-refractivity contribution is 0.0885. The van der Waals surface area contributed by atoms with Crippen molar-refractivity contribution in [3.63, 3.8) is 0 Å². The third-order valence-electron chi connectivity index (χ3n) is 1.70. The van der Waals surface area contributed by atoms with Crippen LogP contribution in [-0.4, -0.2) is 27.9 Å². The molecule has 0 fully saturated rings. The summed E-state index contributed by atoms with van der Waals surface area (Å²) in [7, 11) is 0. The van der Waals surface area contributed by atoms with Gasteiger partial charge in [-0.15, -0.1) is 0 Å². The summed E-state index contributed by atoms with van der Waals surface area (Å²) in [6.07, 6.45) is 4.22. The Hall–Kier alpha value is -0.930. The minimum Gasteiger partial charge on any atom is -0.394 e. The molecule has 0 aliphatic rings. The van der Waals surface area contributed by atoms with E-state index in [1.165, 1.54) is 0 Å². The summed E-state index contributed by atoms with van der Waals surface area (Å²) in [5.41, 5.74) is 1.09. The minimum atomic E-state index is -0.606. The second kappa shape index (κ2) is 4.85. The summed E-state index contributed by atoms with van der Waals surface area (Å²) in [6.45, 7) is -0.166. The molecule has 66 valence electrons. The topological polar surface area (TPSA) is 53.4 Å². The van der Waals surface area contributed by atoms with Gasteiger partial charge in [-0.05, 0) is 24.5 Å². The molecule has 2 N–H and O–H groups in total. The zero-order valence-electron chi connectivity index (χ0n) is 6.85. The average Bonchev–Trinajstić information content (AvgIpc) is 2.16. The number of aryl methyl sites for hydroxylation is 1. The second-order valence-electron chi connectivity index (χ2n) is 2.74. The summed E-state index contributed by atoms with van der Waals surface area (Å²) in [4.78, 5) is 3.94. The summed E-state index contributed by atoms with van der Waals surface area (Å²) in [5.74, 6) is 0. The Morgan fingerprint density at radius 1 is 1.50 bits per heavy atom.